The zero-order valence-electron chi connectivity index (χ0n) is 7.31. The van der Waals surface area contributed by atoms with Crippen LogP contribution in [-0.2, 0) is 11.2 Å². The van der Waals surface area contributed by atoms with E-state index in [0.29, 0.717) is 0 Å². The molecule has 0 radical (unpaired) electrons. The molecule has 0 heterocycles. The third-order valence-corrected chi connectivity index (χ3v) is 2.48. The molecule has 0 unspecified atom stereocenters. The van der Waals surface area contributed by atoms with E-state index in [9.17, 15) is 13.6 Å². The van der Waals surface area contributed by atoms with Crippen molar-refractivity contribution in [1.82, 2.24) is 0 Å². The summed E-state index contributed by atoms with van der Waals surface area (Å²) < 4.78 is 25.8. The Bertz CT molecular complexity index is 373. The summed E-state index contributed by atoms with van der Waals surface area (Å²) in [6, 6.07) is 4.24. The number of halogens is 4. The molecule has 0 aromatic heterocycles. The molecule has 82 valence electrons. The van der Waals surface area contributed by atoms with Crippen LogP contribution in [0.3, 0.4) is 0 Å². The smallest absolute Gasteiger partial charge is 0.374 e. The molecule has 0 saturated heterocycles. The molecule has 0 fully saturated rings. The quantitative estimate of drug-likeness (QED) is 0.899. The zero-order chi connectivity index (χ0) is 11.6. The molecule has 0 saturated carbocycles. The predicted molar refractivity (Wildman–Crippen MR) is 52.7 cm³/mol. The lowest BCUT2D eigenvalue weighted by Crippen LogP contribution is -2.30. The van der Waals surface area contributed by atoms with E-state index in [-0.39, 0.29) is 15.6 Å². The first kappa shape index (κ1) is 12.2. The van der Waals surface area contributed by atoms with Crippen molar-refractivity contribution in [3.63, 3.8) is 0 Å². The lowest BCUT2D eigenvalue weighted by atomic mass is 10.1. The summed E-state index contributed by atoms with van der Waals surface area (Å²) in [6.45, 7) is 0. The summed E-state index contributed by atoms with van der Waals surface area (Å²) in [5, 5.41) is 8.31. The van der Waals surface area contributed by atoms with Gasteiger partial charge in [0.05, 0.1) is 6.42 Å². The van der Waals surface area contributed by atoms with E-state index < -0.39 is 18.3 Å². The van der Waals surface area contributed by atoms with Crippen LogP contribution in [0.15, 0.2) is 18.2 Å². The summed E-state index contributed by atoms with van der Waals surface area (Å²) >= 11 is 11.3. The van der Waals surface area contributed by atoms with Gasteiger partial charge in [0.25, 0.3) is 0 Å². The molecule has 0 bridgehead atoms. The van der Waals surface area contributed by atoms with Crippen LogP contribution in [0.1, 0.15) is 5.56 Å². The Hall–Kier alpha value is -0.870. The van der Waals surface area contributed by atoms with Crippen molar-refractivity contribution >= 4 is 29.2 Å². The van der Waals surface area contributed by atoms with Gasteiger partial charge in [-0.05, 0) is 17.7 Å². The number of carboxylic acids is 1. The number of benzene rings is 1. The minimum atomic E-state index is -3.87. The summed E-state index contributed by atoms with van der Waals surface area (Å²) in [5.74, 6) is -6.06. The standard InChI is InChI=1S/C9H6Cl2F2O2/c10-6-2-1-3-7(11)5(6)4-9(12,13)8(14)15/h1-3H,4H2,(H,14,15). The number of alkyl halides is 2. The summed E-state index contributed by atoms with van der Waals surface area (Å²) in [6.07, 6.45) is -1.01. The lowest BCUT2D eigenvalue weighted by Gasteiger charge is -2.13. The maximum absolute atomic E-state index is 12.9. The van der Waals surface area contributed by atoms with Crippen molar-refractivity contribution in [3.05, 3.63) is 33.8 Å². The first-order valence-corrected chi connectivity index (χ1v) is 4.64. The molecule has 15 heavy (non-hydrogen) atoms. The lowest BCUT2D eigenvalue weighted by molar-refractivity contribution is -0.164. The van der Waals surface area contributed by atoms with E-state index in [0.717, 1.165) is 0 Å². The average Bonchev–Trinajstić information content (AvgIpc) is 2.11. The van der Waals surface area contributed by atoms with Crippen LogP contribution in [0.2, 0.25) is 10.0 Å². The maximum Gasteiger partial charge on any atom is 0.374 e. The van der Waals surface area contributed by atoms with Crippen LogP contribution < -0.4 is 0 Å². The van der Waals surface area contributed by atoms with Gasteiger partial charge in [0.1, 0.15) is 0 Å². The molecular weight excluding hydrogens is 249 g/mol. The van der Waals surface area contributed by atoms with Crippen LogP contribution in [-0.4, -0.2) is 17.0 Å². The maximum atomic E-state index is 12.9. The van der Waals surface area contributed by atoms with Gasteiger partial charge in [0.2, 0.25) is 0 Å². The average molecular weight is 255 g/mol. The first-order chi connectivity index (χ1) is 6.84. The summed E-state index contributed by atoms with van der Waals surface area (Å²) in [5.41, 5.74) is -0.0618. The Labute approximate surface area is 94.4 Å². The van der Waals surface area contributed by atoms with E-state index in [2.05, 4.69) is 0 Å². The number of carbonyl (C=O) groups is 1. The van der Waals surface area contributed by atoms with Crippen molar-refractivity contribution < 1.29 is 18.7 Å². The fraction of sp³-hybridized carbons (Fsp3) is 0.222. The largest absolute Gasteiger partial charge is 0.477 e. The molecule has 6 heteroatoms. The van der Waals surface area contributed by atoms with Crippen LogP contribution in [0.5, 0.6) is 0 Å². The Morgan fingerprint density at radius 1 is 1.33 bits per heavy atom. The van der Waals surface area contributed by atoms with Gasteiger partial charge >= 0.3 is 11.9 Å². The van der Waals surface area contributed by atoms with Gasteiger partial charge in [-0.1, -0.05) is 29.3 Å². The van der Waals surface area contributed by atoms with Crippen LogP contribution >= 0.6 is 23.2 Å². The molecule has 0 aliphatic heterocycles. The molecular formula is C9H6Cl2F2O2. The third-order valence-electron chi connectivity index (χ3n) is 1.77. The fourth-order valence-electron chi connectivity index (χ4n) is 0.999. The molecule has 0 atom stereocenters. The molecule has 0 aliphatic rings. The Morgan fingerprint density at radius 2 is 1.80 bits per heavy atom. The highest BCUT2D eigenvalue weighted by Crippen LogP contribution is 2.30. The molecule has 1 aromatic carbocycles. The van der Waals surface area contributed by atoms with Crippen LogP contribution in [0.25, 0.3) is 0 Å². The zero-order valence-corrected chi connectivity index (χ0v) is 8.82. The first-order valence-electron chi connectivity index (χ1n) is 3.88. The number of carboxylic acid groups (broad SMARTS) is 1. The molecule has 2 nitrogen and oxygen atoms in total. The second kappa shape index (κ2) is 4.33. The van der Waals surface area contributed by atoms with E-state index in [1.807, 2.05) is 0 Å². The van der Waals surface area contributed by atoms with E-state index in [4.69, 9.17) is 28.3 Å². The third kappa shape index (κ3) is 2.79. The minimum absolute atomic E-state index is 0.0309. The Morgan fingerprint density at radius 3 is 2.20 bits per heavy atom. The van der Waals surface area contributed by atoms with Gasteiger partial charge < -0.3 is 5.11 Å². The number of hydrogen-bond acceptors (Lipinski definition) is 1. The number of rotatable bonds is 3. The van der Waals surface area contributed by atoms with Gasteiger partial charge in [-0.25, -0.2) is 4.79 Å². The van der Waals surface area contributed by atoms with Crippen molar-refractivity contribution in [3.8, 4) is 0 Å². The van der Waals surface area contributed by atoms with Crippen molar-refractivity contribution in [2.24, 2.45) is 0 Å². The van der Waals surface area contributed by atoms with Crippen LogP contribution in [0.4, 0.5) is 8.78 Å². The number of hydrogen-bond donors (Lipinski definition) is 1. The van der Waals surface area contributed by atoms with E-state index >= 15 is 0 Å². The van der Waals surface area contributed by atoms with Crippen molar-refractivity contribution in [2.45, 2.75) is 12.3 Å². The van der Waals surface area contributed by atoms with Crippen molar-refractivity contribution in [1.29, 1.82) is 0 Å². The van der Waals surface area contributed by atoms with Crippen molar-refractivity contribution in [2.75, 3.05) is 0 Å². The summed E-state index contributed by atoms with van der Waals surface area (Å²) in [7, 11) is 0. The predicted octanol–water partition coefficient (Wildman–Crippen LogP) is 3.26. The Kier molecular flexibility index (Phi) is 3.52. The second-order valence-corrected chi connectivity index (χ2v) is 3.70. The molecule has 1 rings (SSSR count). The topological polar surface area (TPSA) is 37.3 Å². The highest BCUT2D eigenvalue weighted by Gasteiger charge is 2.39. The van der Waals surface area contributed by atoms with Gasteiger partial charge in [-0.3, -0.25) is 0 Å². The van der Waals surface area contributed by atoms with Crippen LogP contribution in [0, 0.1) is 0 Å². The minimum Gasteiger partial charge on any atom is -0.477 e. The SMILES string of the molecule is O=C(O)C(F)(F)Cc1c(Cl)cccc1Cl. The molecule has 0 amide bonds. The Balaban J connectivity index is 3.04. The summed E-state index contributed by atoms with van der Waals surface area (Å²) in [4.78, 5) is 10.2. The van der Waals surface area contributed by atoms with E-state index in [1.165, 1.54) is 18.2 Å². The molecule has 1 N–H and O–H groups in total. The normalized spacial score (nSPS) is 11.5. The van der Waals surface area contributed by atoms with Gasteiger partial charge in [-0.2, -0.15) is 8.78 Å². The van der Waals surface area contributed by atoms with E-state index in [1.54, 1.807) is 0 Å². The van der Waals surface area contributed by atoms with Gasteiger partial charge in [0, 0.05) is 10.0 Å². The molecule has 1 aromatic rings. The highest BCUT2D eigenvalue weighted by molar-refractivity contribution is 6.36. The molecule has 0 aliphatic carbocycles. The monoisotopic (exact) mass is 254 g/mol. The highest BCUT2D eigenvalue weighted by atomic mass is 35.5. The van der Waals surface area contributed by atoms with Gasteiger partial charge in [0.15, 0.2) is 0 Å². The van der Waals surface area contributed by atoms with Gasteiger partial charge in [-0.15, -0.1) is 0 Å². The second-order valence-electron chi connectivity index (χ2n) is 2.89. The fourth-order valence-corrected chi connectivity index (χ4v) is 1.53. The molecule has 0 spiro atoms. The number of aliphatic carboxylic acids is 1.